The van der Waals surface area contributed by atoms with Crippen molar-refractivity contribution in [2.75, 3.05) is 26.2 Å². The molecule has 0 aromatic heterocycles. The Morgan fingerprint density at radius 3 is 2.33 bits per heavy atom. The first kappa shape index (κ1) is 8.48. The lowest BCUT2D eigenvalue weighted by Gasteiger charge is -2.26. The van der Waals surface area contributed by atoms with Crippen LogP contribution in [0.5, 0.6) is 0 Å². The summed E-state index contributed by atoms with van der Waals surface area (Å²) in [7, 11) is 3.86. The molecule has 0 aliphatic carbocycles. The van der Waals surface area contributed by atoms with Crippen molar-refractivity contribution >= 4 is 0 Å². The molecule has 0 amide bonds. The summed E-state index contributed by atoms with van der Waals surface area (Å²) in [5.41, 5.74) is 0. The molecule has 3 heteroatoms. The number of β-amino-alcohol motifs (C(OH)–C–C–N with tert-alkyl or cyclic N) is 1. The average molecular weight is 169 g/mol. The van der Waals surface area contributed by atoms with E-state index in [1.165, 1.54) is 12.8 Å². The van der Waals surface area contributed by atoms with Crippen molar-refractivity contribution in [1.82, 2.24) is 9.80 Å². The highest BCUT2D eigenvalue weighted by molar-refractivity contribution is 4.91. The Balaban J connectivity index is 1.94. The van der Waals surface area contributed by atoms with E-state index in [-0.39, 0.29) is 6.10 Å². The average Bonchev–Trinajstić information content (AvgIpc) is 2.58. The lowest BCUT2D eigenvalue weighted by atomic mass is 10.2. The van der Waals surface area contributed by atoms with E-state index in [0.29, 0.717) is 6.04 Å². The van der Waals surface area contributed by atoms with Crippen molar-refractivity contribution in [3.05, 3.63) is 7.05 Å². The molecule has 0 spiro atoms. The number of nitrogens with zero attached hydrogens (tertiary/aromatic N) is 2. The number of rotatable bonds is 1. The van der Waals surface area contributed by atoms with Crippen LogP contribution in [0.1, 0.15) is 12.8 Å². The molecular formula is C9H17N2O-. The Morgan fingerprint density at radius 2 is 1.83 bits per heavy atom. The standard InChI is InChI=1S/C9H17N2O/c1-10-6-8(9(12)7-10)11-4-2-3-5-11/h8-9,12H,1-7H2/q-1/t8-,9-/m0/s1. The minimum Gasteiger partial charge on any atom is -0.456 e. The SMILES string of the molecule is [CH2-]N1C[C@H](O)[C@@H](N2CCCC2)C1. The molecule has 2 atom stereocenters. The van der Waals surface area contributed by atoms with E-state index < -0.39 is 0 Å². The van der Waals surface area contributed by atoms with Gasteiger partial charge in [0.15, 0.2) is 0 Å². The van der Waals surface area contributed by atoms with E-state index in [9.17, 15) is 5.11 Å². The highest BCUT2D eigenvalue weighted by Crippen LogP contribution is 2.19. The van der Waals surface area contributed by atoms with Gasteiger partial charge in [-0.15, -0.1) is 0 Å². The van der Waals surface area contributed by atoms with Crippen LogP contribution in [0.25, 0.3) is 0 Å². The molecule has 3 nitrogen and oxygen atoms in total. The normalized spacial score (nSPS) is 39.5. The fourth-order valence-electron chi connectivity index (χ4n) is 2.28. The van der Waals surface area contributed by atoms with Crippen molar-refractivity contribution in [1.29, 1.82) is 0 Å². The van der Waals surface area contributed by atoms with Gasteiger partial charge in [0.25, 0.3) is 0 Å². The third-order valence-corrected chi connectivity index (χ3v) is 2.94. The lowest BCUT2D eigenvalue weighted by molar-refractivity contribution is 0.0981. The van der Waals surface area contributed by atoms with Gasteiger partial charge in [0.2, 0.25) is 0 Å². The van der Waals surface area contributed by atoms with Crippen LogP contribution in [0.2, 0.25) is 0 Å². The van der Waals surface area contributed by atoms with Crippen LogP contribution in [0.3, 0.4) is 0 Å². The summed E-state index contributed by atoms with van der Waals surface area (Å²) in [6.07, 6.45) is 2.40. The third-order valence-electron chi connectivity index (χ3n) is 2.94. The van der Waals surface area contributed by atoms with E-state index in [1.807, 2.05) is 4.90 Å². The van der Waals surface area contributed by atoms with Crippen LogP contribution in [-0.2, 0) is 0 Å². The van der Waals surface area contributed by atoms with Gasteiger partial charge < -0.3 is 10.0 Å². The minimum atomic E-state index is -0.180. The monoisotopic (exact) mass is 169 g/mol. The van der Waals surface area contributed by atoms with E-state index >= 15 is 0 Å². The van der Waals surface area contributed by atoms with Gasteiger partial charge in [-0.2, -0.15) is 0 Å². The first-order valence-electron chi connectivity index (χ1n) is 4.75. The predicted molar refractivity (Wildman–Crippen MR) is 47.5 cm³/mol. The molecule has 0 radical (unpaired) electrons. The van der Waals surface area contributed by atoms with Crippen molar-refractivity contribution in [2.45, 2.75) is 25.0 Å². The van der Waals surface area contributed by atoms with Gasteiger partial charge in [0.1, 0.15) is 0 Å². The maximum absolute atomic E-state index is 9.70. The van der Waals surface area contributed by atoms with Gasteiger partial charge in [-0.05, 0) is 39.0 Å². The second kappa shape index (κ2) is 3.32. The molecule has 2 rings (SSSR count). The predicted octanol–water partition coefficient (Wildman–Crippen LogP) is -0.0811. The zero-order valence-electron chi connectivity index (χ0n) is 7.45. The lowest BCUT2D eigenvalue weighted by Crippen LogP contribution is -2.41. The van der Waals surface area contributed by atoms with E-state index in [4.69, 9.17) is 0 Å². The van der Waals surface area contributed by atoms with Gasteiger partial charge in [0.05, 0.1) is 6.10 Å². The molecule has 2 aliphatic heterocycles. The van der Waals surface area contributed by atoms with Gasteiger partial charge in [0, 0.05) is 6.04 Å². The smallest absolute Gasteiger partial charge is 0.0809 e. The highest BCUT2D eigenvalue weighted by Gasteiger charge is 2.32. The Labute approximate surface area is 74.0 Å². The topological polar surface area (TPSA) is 26.7 Å². The molecule has 0 aromatic carbocycles. The second-order valence-electron chi connectivity index (χ2n) is 3.91. The van der Waals surface area contributed by atoms with Crippen molar-refractivity contribution in [3.63, 3.8) is 0 Å². The van der Waals surface area contributed by atoms with Gasteiger partial charge in [-0.25, -0.2) is 0 Å². The van der Waals surface area contributed by atoms with Crippen LogP contribution < -0.4 is 0 Å². The summed E-state index contributed by atoms with van der Waals surface area (Å²) in [5, 5.41) is 9.70. The quantitative estimate of drug-likeness (QED) is 0.556. The Morgan fingerprint density at radius 1 is 1.17 bits per heavy atom. The summed E-state index contributed by atoms with van der Waals surface area (Å²) in [5.74, 6) is 0. The molecule has 2 heterocycles. The number of aliphatic hydroxyl groups excluding tert-OH is 1. The number of hydrogen-bond acceptors (Lipinski definition) is 3. The molecule has 0 saturated carbocycles. The van der Waals surface area contributed by atoms with Crippen LogP contribution in [-0.4, -0.2) is 53.2 Å². The summed E-state index contributed by atoms with van der Waals surface area (Å²) < 4.78 is 0. The molecule has 2 saturated heterocycles. The zero-order valence-corrected chi connectivity index (χ0v) is 7.45. The molecule has 12 heavy (non-hydrogen) atoms. The highest BCUT2D eigenvalue weighted by atomic mass is 16.3. The summed E-state index contributed by atoms with van der Waals surface area (Å²) in [6.45, 7) is 3.99. The molecule has 0 aromatic rings. The summed E-state index contributed by atoms with van der Waals surface area (Å²) in [6, 6.07) is 0.352. The van der Waals surface area contributed by atoms with Crippen LogP contribution >= 0.6 is 0 Å². The number of aliphatic hydroxyl groups is 1. The molecule has 70 valence electrons. The summed E-state index contributed by atoms with van der Waals surface area (Å²) in [4.78, 5) is 4.36. The third kappa shape index (κ3) is 1.49. The van der Waals surface area contributed by atoms with Crippen LogP contribution in [0.4, 0.5) is 0 Å². The fourth-order valence-corrected chi connectivity index (χ4v) is 2.28. The Hall–Kier alpha value is -0.120. The molecule has 2 aliphatic rings. The molecular weight excluding hydrogens is 152 g/mol. The van der Waals surface area contributed by atoms with Crippen molar-refractivity contribution in [3.8, 4) is 0 Å². The van der Waals surface area contributed by atoms with Gasteiger partial charge >= 0.3 is 0 Å². The van der Waals surface area contributed by atoms with Crippen molar-refractivity contribution in [2.24, 2.45) is 0 Å². The first-order valence-corrected chi connectivity index (χ1v) is 4.75. The maximum Gasteiger partial charge on any atom is 0.0809 e. The minimum absolute atomic E-state index is 0.180. The first-order chi connectivity index (χ1) is 5.77. The van der Waals surface area contributed by atoms with E-state index in [0.717, 1.165) is 26.2 Å². The Kier molecular flexibility index (Phi) is 2.35. The molecule has 2 fully saturated rings. The molecule has 1 N–H and O–H groups in total. The largest absolute Gasteiger partial charge is 0.456 e. The van der Waals surface area contributed by atoms with Gasteiger partial charge in [-0.1, -0.05) is 0 Å². The van der Waals surface area contributed by atoms with Crippen LogP contribution in [0.15, 0.2) is 0 Å². The fraction of sp³-hybridized carbons (Fsp3) is 0.889. The second-order valence-corrected chi connectivity index (χ2v) is 3.91. The number of hydrogen-bond donors (Lipinski definition) is 1. The maximum atomic E-state index is 9.70. The summed E-state index contributed by atoms with van der Waals surface area (Å²) >= 11 is 0. The Bertz CT molecular complexity index is 157. The number of likely N-dealkylation sites (tertiary alicyclic amines) is 2. The van der Waals surface area contributed by atoms with Gasteiger partial charge in [-0.3, -0.25) is 11.9 Å². The zero-order chi connectivity index (χ0) is 8.55. The molecule has 0 bridgehead atoms. The van der Waals surface area contributed by atoms with Crippen LogP contribution in [0, 0.1) is 7.05 Å². The van der Waals surface area contributed by atoms with E-state index in [1.54, 1.807) is 0 Å². The van der Waals surface area contributed by atoms with Crippen molar-refractivity contribution < 1.29 is 5.11 Å². The van der Waals surface area contributed by atoms with E-state index in [2.05, 4.69) is 11.9 Å². The molecule has 0 unspecified atom stereocenters.